The van der Waals surface area contributed by atoms with Crippen molar-refractivity contribution >= 4 is 11.7 Å². The quantitative estimate of drug-likeness (QED) is 0.760. The van der Waals surface area contributed by atoms with Crippen LogP contribution in [0.15, 0.2) is 12.4 Å². The molecule has 0 atom stereocenters. The van der Waals surface area contributed by atoms with Crippen molar-refractivity contribution in [2.24, 2.45) is 0 Å². The number of hydrogen-bond donors (Lipinski definition) is 2. The maximum Gasteiger partial charge on any atom is 0.273 e. The van der Waals surface area contributed by atoms with Gasteiger partial charge in [-0.2, -0.15) is 0 Å². The Morgan fingerprint density at radius 3 is 2.47 bits per heavy atom. The molecule has 1 heterocycles. The fourth-order valence-electron chi connectivity index (χ4n) is 2.20. The van der Waals surface area contributed by atoms with E-state index in [-0.39, 0.29) is 23.5 Å². The van der Waals surface area contributed by atoms with Crippen LogP contribution in [0.4, 0.5) is 5.82 Å². The van der Waals surface area contributed by atoms with Gasteiger partial charge in [0.1, 0.15) is 0 Å². The highest BCUT2D eigenvalue weighted by Gasteiger charge is 2.18. The molecule has 1 aliphatic rings. The van der Waals surface area contributed by atoms with Gasteiger partial charge in [-0.05, 0) is 12.8 Å². The number of carbonyl (C=O) groups excluding carboxylic acids is 1. The third-order valence-corrected chi connectivity index (χ3v) is 3.13. The van der Waals surface area contributed by atoms with Crippen LogP contribution in [0, 0.1) is 0 Å². The van der Waals surface area contributed by atoms with E-state index in [0.717, 1.165) is 12.8 Å². The lowest BCUT2D eigenvalue weighted by Crippen LogP contribution is -2.35. The molecule has 0 spiro atoms. The second-order valence-electron chi connectivity index (χ2n) is 4.45. The Kier molecular flexibility index (Phi) is 3.90. The summed E-state index contributed by atoms with van der Waals surface area (Å²) in [6.07, 6.45) is 9.95. The van der Waals surface area contributed by atoms with Crippen LogP contribution in [-0.2, 0) is 0 Å². The largest absolute Gasteiger partial charge is 0.382 e. The zero-order valence-corrected chi connectivity index (χ0v) is 9.85. The summed E-state index contributed by atoms with van der Waals surface area (Å²) >= 11 is 0. The second-order valence-corrected chi connectivity index (χ2v) is 4.45. The van der Waals surface area contributed by atoms with Crippen molar-refractivity contribution in [1.82, 2.24) is 15.3 Å². The number of nitrogens with zero attached hydrogens (tertiary/aromatic N) is 2. The Morgan fingerprint density at radius 2 is 1.82 bits per heavy atom. The number of amides is 1. The number of nitrogens with one attached hydrogen (secondary N) is 1. The van der Waals surface area contributed by atoms with Crippen LogP contribution in [0.1, 0.15) is 49.0 Å². The van der Waals surface area contributed by atoms with Crippen LogP contribution in [0.3, 0.4) is 0 Å². The van der Waals surface area contributed by atoms with Gasteiger partial charge in [-0.25, -0.2) is 9.97 Å². The molecule has 1 aromatic heterocycles. The molecule has 1 fully saturated rings. The fourth-order valence-corrected chi connectivity index (χ4v) is 2.20. The van der Waals surface area contributed by atoms with Crippen LogP contribution < -0.4 is 11.1 Å². The Balaban J connectivity index is 1.98. The summed E-state index contributed by atoms with van der Waals surface area (Å²) in [5.74, 6) is -0.0129. The van der Waals surface area contributed by atoms with E-state index in [1.165, 1.54) is 38.1 Å². The summed E-state index contributed by atoms with van der Waals surface area (Å²) in [6.45, 7) is 0. The molecule has 0 aliphatic heterocycles. The number of aromatic nitrogens is 2. The molecule has 0 saturated heterocycles. The summed E-state index contributed by atoms with van der Waals surface area (Å²) in [5.41, 5.74) is 5.86. The lowest BCUT2D eigenvalue weighted by molar-refractivity contribution is 0.0929. The first-order valence-corrected chi connectivity index (χ1v) is 6.14. The molecule has 0 bridgehead atoms. The van der Waals surface area contributed by atoms with Crippen molar-refractivity contribution in [3.05, 3.63) is 18.1 Å². The molecule has 0 unspecified atom stereocenters. The molecular formula is C12H18N4O. The predicted octanol–water partition coefficient (Wildman–Crippen LogP) is 1.51. The van der Waals surface area contributed by atoms with Crippen molar-refractivity contribution in [2.45, 2.75) is 44.6 Å². The Morgan fingerprint density at radius 1 is 1.18 bits per heavy atom. The lowest BCUT2D eigenvalue weighted by Gasteiger charge is -2.15. The lowest BCUT2D eigenvalue weighted by atomic mass is 10.1. The van der Waals surface area contributed by atoms with Gasteiger partial charge in [0.2, 0.25) is 0 Å². The van der Waals surface area contributed by atoms with E-state index in [1.54, 1.807) is 0 Å². The molecule has 1 saturated carbocycles. The summed E-state index contributed by atoms with van der Waals surface area (Å²) in [7, 11) is 0. The molecule has 1 aromatic rings. The van der Waals surface area contributed by atoms with Crippen molar-refractivity contribution in [1.29, 1.82) is 0 Å². The molecule has 0 aromatic carbocycles. The molecule has 5 nitrogen and oxygen atoms in total. The Labute approximate surface area is 101 Å². The first kappa shape index (κ1) is 11.8. The van der Waals surface area contributed by atoms with Gasteiger partial charge in [-0.3, -0.25) is 4.79 Å². The Bertz CT molecular complexity index is 386. The van der Waals surface area contributed by atoms with E-state index in [9.17, 15) is 4.79 Å². The van der Waals surface area contributed by atoms with Crippen LogP contribution in [0.2, 0.25) is 0 Å². The SMILES string of the molecule is Nc1nccnc1C(=O)NC1CCCCCC1. The van der Waals surface area contributed by atoms with Crippen LogP contribution in [0.25, 0.3) is 0 Å². The summed E-state index contributed by atoms with van der Waals surface area (Å²) in [4.78, 5) is 19.8. The maximum atomic E-state index is 12.0. The van der Waals surface area contributed by atoms with Gasteiger partial charge in [0.15, 0.2) is 11.5 Å². The van der Waals surface area contributed by atoms with Gasteiger partial charge in [-0.15, -0.1) is 0 Å². The van der Waals surface area contributed by atoms with Gasteiger partial charge in [-0.1, -0.05) is 25.7 Å². The number of hydrogen-bond acceptors (Lipinski definition) is 4. The molecule has 5 heteroatoms. The van der Waals surface area contributed by atoms with Crippen LogP contribution in [0.5, 0.6) is 0 Å². The molecule has 92 valence electrons. The standard InChI is InChI=1S/C12H18N4O/c13-11-10(14-7-8-15-11)12(17)16-9-5-3-1-2-4-6-9/h7-9H,1-6H2,(H2,13,15)(H,16,17). The van der Waals surface area contributed by atoms with E-state index in [0.29, 0.717) is 0 Å². The molecule has 1 aliphatic carbocycles. The van der Waals surface area contributed by atoms with Crippen molar-refractivity contribution in [3.8, 4) is 0 Å². The minimum Gasteiger partial charge on any atom is -0.382 e. The average molecular weight is 234 g/mol. The van der Waals surface area contributed by atoms with Crippen LogP contribution >= 0.6 is 0 Å². The number of nitrogen functional groups attached to an aromatic ring is 1. The monoisotopic (exact) mass is 234 g/mol. The van der Waals surface area contributed by atoms with Crippen LogP contribution in [-0.4, -0.2) is 21.9 Å². The normalized spacial score (nSPS) is 17.4. The number of rotatable bonds is 2. The van der Waals surface area contributed by atoms with Crippen molar-refractivity contribution < 1.29 is 4.79 Å². The van der Waals surface area contributed by atoms with Gasteiger partial charge in [0.25, 0.3) is 5.91 Å². The summed E-state index contributed by atoms with van der Waals surface area (Å²) < 4.78 is 0. The third kappa shape index (κ3) is 3.15. The number of anilines is 1. The molecule has 3 N–H and O–H groups in total. The van der Waals surface area contributed by atoms with E-state index in [2.05, 4.69) is 15.3 Å². The average Bonchev–Trinajstić information content (AvgIpc) is 2.58. The smallest absolute Gasteiger partial charge is 0.273 e. The molecule has 1 amide bonds. The van der Waals surface area contributed by atoms with E-state index >= 15 is 0 Å². The zero-order valence-electron chi connectivity index (χ0n) is 9.85. The van der Waals surface area contributed by atoms with Gasteiger partial charge >= 0.3 is 0 Å². The molecular weight excluding hydrogens is 216 g/mol. The highest BCUT2D eigenvalue weighted by atomic mass is 16.2. The predicted molar refractivity (Wildman–Crippen MR) is 65.4 cm³/mol. The summed E-state index contributed by atoms with van der Waals surface area (Å²) in [6, 6.07) is 0.256. The molecule has 17 heavy (non-hydrogen) atoms. The van der Waals surface area contributed by atoms with Crippen molar-refractivity contribution in [2.75, 3.05) is 5.73 Å². The molecule has 2 rings (SSSR count). The van der Waals surface area contributed by atoms with E-state index < -0.39 is 0 Å². The molecule has 0 radical (unpaired) electrons. The highest BCUT2D eigenvalue weighted by molar-refractivity contribution is 5.96. The number of nitrogens with two attached hydrogens (primary N) is 1. The highest BCUT2D eigenvalue weighted by Crippen LogP contribution is 2.17. The van der Waals surface area contributed by atoms with E-state index in [1.807, 2.05) is 0 Å². The van der Waals surface area contributed by atoms with E-state index in [4.69, 9.17) is 5.73 Å². The topological polar surface area (TPSA) is 80.9 Å². The summed E-state index contributed by atoms with van der Waals surface area (Å²) in [5, 5.41) is 2.99. The fraction of sp³-hybridized carbons (Fsp3) is 0.583. The van der Waals surface area contributed by atoms with Gasteiger partial charge in [0.05, 0.1) is 0 Å². The number of carbonyl (C=O) groups is 1. The minimum absolute atomic E-state index is 0.193. The first-order valence-electron chi connectivity index (χ1n) is 6.14. The van der Waals surface area contributed by atoms with Gasteiger partial charge < -0.3 is 11.1 Å². The minimum atomic E-state index is -0.206. The maximum absolute atomic E-state index is 12.0. The second kappa shape index (κ2) is 5.61. The Hall–Kier alpha value is -1.65. The third-order valence-electron chi connectivity index (χ3n) is 3.13. The zero-order chi connectivity index (χ0) is 12.1. The van der Waals surface area contributed by atoms with Crippen molar-refractivity contribution in [3.63, 3.8) is 0 Å². The first-order chi connectivity index (χ1) is 8.27. The van der Waals surface area contributed by atoms with Gasteiger partial charge in [0, 0.05) is 18.4 Å².